The Labute approximate surface area is 122 Å². The van der Waals surface area contributed by atoms with E-state index in [-0.39, 0.29) is 11.9 Å². The van der Waals surface area contributed by atoms with Crippen LogP contribution in [0.1, 0.15) is 6.92 Å². The number of hydrogen-bond acceptors (Lipinski definition) is 5. The van der Waals surface area contributed by atoms with E-state index in [4.69, 9.17) is 10.5 Å². The number of nitrogen functional groups attached to an aromatic ring is 1. The summed E-state index contributed by atoms with van der Waals surface area (Å²) in [7, 11) is 0. The molecule has 7 nitrogen and oxygen atoms in total. The molecular formula is C14H19N5O2. The first-order valence-electron chi connectivity index (χ1n) is 7.06. The van der Waals surface area contributed by atoms with Crippen molar-refractivity contribution in [2.75, 3.05) is 36.9 Å². The second kappa shape index (κ2) is 5.61. The number of imidazole rings is 1. The van der Waals surface area contributed by atoms with Gasteiger partial charge in [0.25, 0.3) is 0 Å². The molecule has 0 bridgehead atoms. The summed E-state index contributed by atoms with van der Waals surface area (Å²) in [4.78, 5) is 21.9. The molecule has 0 radical (unpaired) electrons. The lowest BCUT2D eigenvalue weighted by Crippen LogP contribution is -2.54. The zero-order valence-electron chi connectivity index (χ0n) is 11.9. The number of nitrogens with one attached hydrogen (secondary N) is 2. The van der Waals surface area contributed by atoms with Gasteiger partial charge in [-0.1, -0.05) is 0 Å². The van der Waals surface area contributed by atoms with Crippen molar-refractivity contribution in [2.45, 2.75) is 13.0 Å². The van der Waals surface area contributed by atoms with Crippen molar-refractivity contribution >= 4 is 28.6 Å². The molecule has 0 aliphatic carbocycles. The molecule has 1 aromatic heterocycles. The number of hydrogen-bond donors (Lipinski definition) is 3. The van der Waals surface area contributed by atoms with Gasteiger partial charge in [0.1, 0.15) is 6.04 Å². The van der Waals surface area contributed by atoms with Crippen LogP contribution in [0.2, 0.25) is 0 Å². The highest BCUT2D eigenvalue weighted by Gasteiger charge is 2.31. The minimum atomic E-state index is -0.364. The van der Waals surface area contributed by atoms with Crippen molar-refractivity contribution < 1.29 is 9.53 Å². The Kier molecular flexibility index (Phi) is 3.66. The van der Waals surface area contributed by atoms with Crippen LogP contribution in [-0.4, -0.2) is 48.2 Å². The number of nitrogens with two attached hydrogens (primary N) is 1. The Balaban J connectivity index is 1.92. The quantitative estimate of drug-likeness (QED) is 0.714. The molecule has 0 spiro atoms. The minimum absolute atomic E-state index is 0.0443. The van der Waals surface area contributed by atoms with Crippen LogP contribution in [0.25, 0.3) is 11.0 Å². The maximum atomic E-state index is 12.2. The van der Waals surface area contributed by atoms with Gasteiger partial charge in [-0.15, -0.1) is 0 Å². The number of likely N-dealkylation sites (N-methyl/N-ethyl adjacent to an activating group) is 1. The lowest BCUT2D eigenvalue weighted by Gasteiger charge is -2.34. The molecular weight excluding hydrogens is 270 g/mol. The second-order valence-electron chi connectivity index (χ2n) is 5.02. The van der Waals surface area contributed by atoms with E-state index in [2.05, 4.69) is 15.3 Å². The summed E-state index contributed by atoms with van der Waals surface area (Å²) in [5, 5.41) is 2.84. The standard InChI is InChI=1S/C14H19N5O2/c1-2-16-13(20)12-8-21-6-5-19(12)14-17-10-4-3-9(15)7-11(10)18-14/h3-4,7,12H,2,5-6,8,15H2,1H3,(H,16,20)(H,17,18). The van der Waals surface area contributed by atoms with E-state index in [9.17, 15) is 4.79 Å². The first-order chi connectivity index (χ1) is 10.2. The Morgan fingerprint density at radius 3 is 3.29 bits per heavy atom. The monoisotopic (exact) mass is 289 g/mol. The molecule has 1 amide bonds. The molecule has 1 aliphatic heterocycles. The van der Waals surface area contributed by atoms with Gasteiger partial charge in [0.2, 0.25) is 11.9 Å². The molecule has 2 aromatic rings. The van der Waals surface area contributed by atoms with Gasteiger partial charge >= 0.3 is 0 Å². The summed E-state index contributed by atoms with van der Waals surface area (Å²) in [6.07, 6.45) is 0. The van der Waals surface area contributed by atoms with Crippen molar-refractivity contribution in [3.63, 3.8) is 0 Å². The molecule has 21 heavy (non-hydrogen) atoms. The van der Waals surface area contributed by atoms with E-state index < -0.39 is 0 Å². The third-order valence-corrected chi connectivity index (χ3v) is 3.55. The molecule has 1 fully saturated rings. The predicted molar refractivity (Wildman–Crippen MR) is 81.1 cm³/mol. The van der Waals surface area contributed by atoms with Gasteiger partial charge < -0.3 is 25.7 Å². The predicted octanol–water partition coefficient (Wildman–Crippen LogP) is 0.486. The number of fused-ring (bicyclic) bond motifs is 1. The number of aromatic amines is 1. The van der Waals surface area contributed by atoms with Crippen LogP contribution < -0.4 is 16.0 Å². The molecule has 7 heteroatoms. The second-order valence-corrected chi connectivity index (χ2v) is 5.02. The SMILES string of the molecule is CCNC(=O)C1COCCN1c1nc2ccc(N)cc2[nH]1. The first kappa shape index (κ1) is 13.7. The summed E-state index contributed by atoms with van der Waals surface area (Å²) in [6.45, 7) is 4.06. The molecule has 1 atom stereocenters. The number of anilines is 2. The lowest BCUT2D eigenvalue weighted by molar-refractivity contribution is -0.124. The molecule has 1 aliphatic rings. The molecule has 1 saturated heterocycles. The van der Waals surface area contributed by atoms with Crippen molar-refractivity contribution in [3.05, 3.63) is 18.2 Å². The molecule has 0 saturated carbocycles. The Morgan fingerprint density at radius 2 is 2.48 bits per heavy atom. The Hall–Kier alpha value is -2.28. The van der Waals surface area contributed by atoms with Crippen molar-refractivity contribution in [2.24, 2.45) is 0 Å². The van der Waals surface area contributed by atoms with Gasteiger partial charge in [-0.25, -0.2) is 4.98 Å². The van der Waals surface area contributed by atoms with Gasteiger partial charge in [-0.3, -0.25) is 4.79 Å². The van der Waals surface area contributed by atoms with Crippen molar-refractivity contribution in [1.82, 2.24) is 15.3 Å². The van der Waals surface area contributed by atoms with E-state index in [1.165, 1.54) is 0 Å². The number of H-pyrrole nitrogens is 1. The fourth-order valence-corrected chi connectivity index (χ4v) is 2.52. The topological polar surface area (TPSA) is 96.3 Å². The zero-order valence-corrected chi connectivity index (χ0v) is 11.9. The van der Waals surface area contributed by atoms with Crippen LogP contribution in [-0.2, 0) is 9.53 Å². The Bertz CT molecular complexity index is 654. The normalized spacial score (nSPS) is 18.9. The third kappa shape index (κ3) is 2.64. The van der Waals surface area contributed by atoms with Crippen LogP contribution in [0.5, 0.6) is 0 Å². The summed E-state index contributed by atoms with van der Waals surface area (Å²) in [5.41, 5.74) is 8.16. The lowest BCUT2D eigenvalue weighted by atomic mass is 10.2. The maximum absolute atomic E-state index is 12.2. The molecule has 112 valence electrons. The van der Waals surface area contributed by atoms with Crippen LogP contribution >= 0.6 is 0 Å². The number of nitrogens with zero attached hydrogens (tertiary/aromatic N) is 2. The minimum Gasteiger partial charge on any atom is -0.399 e. The van der Waals surface area contributed by atoms with Gasteiger partial charge in [-0.05, 0) is 25.1 Å². The third-order valence-electron chi connectivity index (χ3n) is 3.55. The maximum Gasteiger partial charge on any atom is 0.245 e. The number of morpholine rings is 1. The molecule has 1 unspecified atom stereocenters. The summed E-state index contributed by atoms with van der Waals surface area (Å²) < 4.78 is 5.43. The highest BCUT2D eigenvalue weighted by molar-refractivity contribution is 5.86. The summed E-state index contributed by atoms with van der Waals surface area (Å²) in [6, 6.07) is 5.16. The number of carbonyl (C=O) groups is 1. The average Bonchev–Trinajstić information content (AvgIpc) is 2.90. The number of ether oxygens (including phenoxy) is 1. The number of aromatic nitrogens is 2. The molecule has 1 aromatic carbocycles. The van der Waals surface area contributed by atoms with E-state index in [0.29, 0.717) is 37.9 Å². The van der Waals surface area contributed by atoms with Gasteiger partial charge in [0.05, 0.1) is 24.2 Å². The summed E-state index contributed by atoms with van der Waals surface area (Å²) >= 11 is 0. The average molecular weight is 289 g/mol. The van der Waals surface area contributed by atoms with E-state index in [1.807, 2.05) is 30.0 Å². The van der Waals surface area contributed by atoms with Crippen LogP contribution in [0.4, 0.5) is 11.6 Å². The largest absolute Gasteiger partial charge is 0.399 e. The molecule has 4 N–H and O–H groups in total. The Morgan fingerprint density at radius 1 is 1.62 bits per heavy atom. The number of rotatable bonds is 3. The van der Waals surface area contributed by atoms with Gasteiger partial charge in [0.15, 0.2) is 0 Å². The fraction of sp³-hybridized carbons (Fsp3) is 0.429. The smallest absolute Gasteiger partial charge is 0.245 e. The highest BCUT2D eigenvalue weighted by atomic mass is 16.5. The number of carbonyl (C=O) groups excluding carboxylic acids is 1. The van der Waals surface area contributed by atoms with Crippen molar-refractivity contribution in [3.8, 4) is 0 Å². The summed E-state index contributed by atoms with van der Waals surface area (Å²) in [5.74, 6) is 0.632. The van der Waals surface area contributed by atoms with E-state index in [0.717, 1.165) is 11.0 Å². The zero-order chi connectivity index (χ0) is 14.8. The van der Waals surface area contributed by atoms with Crippen LogP contribution in [0, 0.1) is 0 Å². The van der Waals surface area contributed by atoms with E-state index in [1.54, 1.807) is 0 Å². The molecule has 3 rings (SSSR count). The van der Waals surface area contributed by atoms with E-state index >= 15 is 0 Å². The van der Waals surface area contributed by atoms with Gasteiger partial charge in [0, 0.05) is 18.8 Å². The van der Waals surface area contributed by atoms with Crippen LogP contribution in [0.15, 0.2) is 18.2 Å². The van der Waals surface area contributed by atoms with Gasteiger partial charge in [-0.2, -0.15) is 0 Å². The number of amides is 1. The highest BCUT2D eigenvalue weighted by Crippen LogP contribution is 2.22. The molecule has 2 heterocycles. The number of benzene rings is 1. The first-order valence-corrected chi connectivity index (χ1v) is 7.06. The van der Waals surface area contributed by atoms with Crippen molar-refractivity contribution in [1.29, 1.82) is 0 Å². The fourth-order valence-electron chi connectivity index (χ4n) is 2.52. The van der Waals surface area contributed by atoms with Crippen LogP contribution in [0.3, 0.4) is 0 Å².